The number of phenols is 1. The molecule has 2 N–H and O–H groups in total. The zero-order valence-corrected chi connectivity index (χ0v) is 20.1. The Bertz CT molecular complexity index is 1250. The highest BCUT2D eigenvalue weighted by atomic mass is 16.5. The lowest BCUT2D eigenvalue weighted by Crippen LogP contribution is -2.40. The number of benzene rings is 2. The first-order valence-electron chi connectivity index (χ1n) is 12.1. The number of aromatic nitrogens is 3. The summed E-state index contributed by atoms with van der Waals surface area (Å²) in [5.74, 6) is 1.15. The highest BCUT2D eigenvalue weighted by Crippen LogP contribution is 2.40. The summed E-state index contributed by atoms with van der Waals surface area (Å²) >= 11 is 0. The van der Waals surface area contributed by atoms with Crippen LogP contribution in [0.25, 0.3) is 0 Å². The zero-order chi connectivity index (χ0) is 25.1. The monoisotopic (exact) mass is 491 g/mol. The van der Waals surface area contributed by atoms with Gasteiger partial charge in [-0.1, -0.05) is 12.1 Å². The number of rotatable bonds is 5. The third kappa shape index (κ3) is 5.12. The van der Waals surface area contributed by atoms with E-state index in [0.717, 1.165) is 11.1 Å². The molecule has 2 aliphatic rings. The molecule has 3 heterocycles. The topological polar surface area (TPSA) is 119 Å². The van der Waals surface area contributed by atoms with Crippen molar-refractivity contribution in [1.82, 2.24) is 25.0 Å². The van der Waals surface area contributed by atoms with Crippen molar-refractivity contribution in [2.45, 2.75) is 44.2 Å². The first-order chi connectivity index (χ1) is 17.5. The van der Waals surface area contributed by atoms with Gasteiger partial charge in [-0.25, -0.2) is 4.98 Å². The number of carbonyl (C=O) groups is 2. The summed E-state index contributed by atoms with van der Waals surface area (Å²) in [5.41, 5.74) is 1.79. The van der Waals surface area contributed by atoms with Gasteiger partial charge in [0.15, 0.2) is 23.0 Å². The van der Waals surface area contributed by atoms with Gasteiger partial charge in [0.1, 0.15) is 12.7 Å². The second kappa shape index (κ2) is 10.3. The molecule has 1 saturated heterocycles. The van der Waals surface area contributed by atoms with Crippen LogP contribution in [0.2, 0.25) is 0 Å². The minimum Gasteiger partial charge on any atom is -0.504 e. The Labute approximate surface area is 208 Å². The van der Waals surface area contributed by atoms with Crippen LogP contribution in [0.3, 0.4) is 0 Å². The molecule has 5 rings (SSSR count). The van der Waals surface area contributed by atoms with E-state index in [4.69, 9.17) is 9.47 Å². The Morgan fingerprint density at radius 3 is 2.89 bits per heavy atom. The van der Waals surface area contributed by atoms with Crippen LogP contribution in [0.15, 0.2) is 49.1 Å². The number of hydrogen-bond donors (Lipinski definition) is 2. The maximum Gasteiger partial charge on any atom is 0.222 e. The van der Waals surface area contributed by atoms with E-state index < -0.39 is 0 Å². The molecule has 4 bridgehead atoms. The van der Waals surface area contributed by atoms with Crippen LogP contribution in [0.5, 0.6) is 23.0 Å². The van der Waals surface area contributed by atoms with Gasteiger partial charge in [-0.05, 0) is 48.2 Å². The van der Waals surface area contributed by atoms with Crippen LogP contribution in [0.1, 0.15) is 36.3 Å². The molecule has 36 heavy (non-hydrogen) atoms. The van der Waals surface area contributed by atoms with Gasteiger partial charge in [0.05, 0.1) is 13.2 Å². The molecule has 188 valence electrons. The van der Waals surface area contributed by atoms with Crippen LogP contribution in [-0.4, -0.2) is 62.8 Å². The number of ether oxygens (including phenoxy) is 2. The smallest absolute Gasteiger partial charge is 0.222 e. The van der Waals surface area contributed by atoms with Crippen LogP contribution >= 0.6 is 0 Å². The molecule has 0 saturated carbocycles. The second-order valence-corrected chi connectivity index (χ2v) is 9.16. The van der Waals surface area contributed by atoms with E-state index >= 15 is 0 Å². The van der Waals surface area contributed by atoms with Gasteiger partial charge >= 0.3 is 0 Å². The Balaban J connectivity index is 1.40. The number of hydrogen-bond acceptors (Lipinski definition) is 7. The predicted molar refractivity (Wildman–Crippen MR) is 130 cm³/mol. The molecule has 10 heteroatoms. The van der Waals surface area contributed by atoms with Crippen molar-refractivity contribution < 1.29 is 24.2 Å². The summed E-state index contributed by atoms with van der Waals surface area (Å²) in [7, 11) is 1.56. The van der Waals surface area contributed by atoms with E-state index in [1.165, 1.54) is 6.33 Å². The summed E-state index contributed by atoms with van der Waals surface area (Å²) in [4.78, 5) is 31.6. The molecule has 1 fully saturated rings. The van der Waals surface area contributed by atoms with Crippen molar-refractivity contribution in [2.75, 3.05) is 20.2 Å². The minimum atomic E-state index is -0.227. The number of amides is 2. The zero-order valence-electron chi connectivity index (χ0n) is 20.1. The Morgan fingerprint density at radius 2 is 2.08 bits per heavy atom. The number of nitrogens with one attached hydrogen (secondary N) is 1. The summed E-state index contributed by atoms with van der Waals surface area (Å²) in [5, 5.41) is 17.6. The van der Waals surface area contributed by atoms with E-state index in [1.54, 1.807) is 36.3 Å². The van der Waals surface area contributed by atoms with Crippen LogP contribution < -0.4 is 14.8 Å². The van der Waals surface area contributed by atoms with Crippen molar-refractivity contribution in [2.24, 2.45) is 0 Å². The lowest BCUT2D eigenvalue weighted by molar-refractivity contribution is -0.130. The summed E-state index contributed by atoms with van der Waals surface area (Å²) in [6.07, 6.45) is 4.94. The predicted octanol–water partition coefficient (Wildman–Crippen LogP) is 2.62. The number of nitrogens with zero attached hydrogens (tertiary/aromatic N) is 4. The Morgan fingerprint density at radius 1 is 1.19 bits per heavy atom. The molecule has 2 aliphatic heterocycles. The Hall–Kier alpha value is -4.08. The molecule has 3 aromatic rings. The molecule has 0 radical (unpaired) electrons. The normalized spacial score (nSPS) is 19.2. The molecule has 0 aliphatic carbocycles. The summed E-state index contributed by atoms with van der Waals surface area (Å²) < 4.78 is 13.3. The fourth-order valence-corrected chi connectivity index (χ4v) is 4.84. The molecule has 0 unspecified atom stereocenters. The first kappa shape index (κ1) is 23.7. The fraction of sp³-hybridized carbons (Fsp3) is 0.385. The molecule has 2 atom stereocenters. The van der Waals surface area contributed by atoms with Gasteiger partial charge in [-0.3, -0.25) is 14.3 Å². The molecule has 2 amide bonds. The number of methoxy groups -OCH3 is 1. The van der Waals surface area contributed by atoms with E-state index in [1.807, 2.05) is 23.1 Å². The molecule has 0 spiro atoms. The van der Waals surface area contributed by atoms with Crippen molar-refractivity contribution in [1.29, 1.82) is 0 Å². The summed E-state index contributed by atoms with van der Waals surface area (Å²) in [6.45, 7) is 1.54. The molecule has 1 aromatic heterocycles. The van der Waals surface area contributed by atoms with Crippen LogP contribution in [0, 0.1) is 0 Å². The fourth-order valence-electron chi connectivity index (χ4n) is 4.84. The number of aryl methyl sites for hydroxylation is 2. The number of fused-ring (bicyclic) bond motifs is 6. The van der Waals surface area contributed by atoms with E-state index in [-0.39, 0.29) is 29.5 Å². The number of carbonyl (C=O) groups excluding carboxylic acids is 2. The SMILES string of the molecule is COc1ccc2cc1Oc1cc(ccc1O)CCC(=O)N[C@@H]1CN(C(=O)CCCn3cncn3)C[C@@H]21. The van der Waals surface area contributed by atoms with Crippen LogP contribution in [0.4, 0.5) is 0 Å². The van der Waals surface area contributed by atoms with E-state index in [9.17, 15) is 14.7 Å². The van der Waals surface area contributed by atoms with Crippen molar-refractivity contribution in [3.05, 3.63) is 60.2 Å². The molecule has 10 nitrogen and oxygen atoms in total. The number of aromatic hydroxyl groups is 1. The maximum atomic E-state index is 13.0. The van der Waals surface area contributed by atoms with E-state index in [0.29, 0.717) is 62.6 Å². The Kier molecular flexibility index (Phi) is 6.75. The average Bonchev–Trinajstić information content (AvgIpc) is 3.54. The lowest BCUT2D eigenvalue weighted by atomic mass is 9.93. The second-order valence-electron chi connectivity index (χ2n) is 9.16. The lowest BCUT2D eigenvalue weighted by Gasteiger charge is -2.21. The number of phenolic OH excluding ortho intramolecular Hbond substituents is 1. The highest BCUT2D eigenvalue weighted by Gasteiger charge is 2.37. The summed E-state index contributed by atoms with van der Waals surface area (Å²) in [6, 6.07) is 10.5. The largest absolute Gasteiger partial charge is 0.504 e. The third-order valence-electron chi connectivity index (χ3n) is 6.76. The van der Waals surface area contributed by atoms with E-state index in [2.05, 4.69) is 15.4 Å². The van der Waals surface area contributed by atoms with Crippen molar-refractivity contribution in [3.8, 4) is 23.0 Å². The van der Waals surface area contributed by atoms with Gasteiger partial charge in [0, 0.05) is 38.4 Å². The molecular formula is C26H29N5O5. The molecule has 2 aromatic carbocycles. The van der Waals surface area contributed by atoms with Gasteiger partial charge in [0.25, 0.3) is 0 Å². The van der Waals surface area contributed by atoms with Gasteiger partial charge in [0.2, 0.25) is 11.8 Å². The average molecular weight is 492 g/mol. The quantitative estimate of drug-likeness (QED) is 0.563. The highest BCUT2D eigenvalue weighted by molar-refractivity contribution is 5.79. The van der Waals surface area contributed by atoms with Crippen molar-refractivity contribution >= 4 is 11.8 Å². The molecular weight excluding hydrogens is 462 g/mol. The van der Waals surface area contributed by atoms with Gasteiger partial charge in [-0.2, -0.15) is 5.10 Å². The first-order valence-corrected chi connectivity index (χ1v) is 12.1. The maximum absolute atomic E-state index is 13.0. The number of likely N-dealkylation sites (tertiary alicyclic amines) is 1. The third-order valence-corrected chi connectivity index (χ3v) is 6.76. The minimum absolute atomic E-state index is 0.00642. The van der Waals surface area contributed by atoms with Crippen molar-refractivity contribution in [3.63, 3.8) is 0 Å². The standard InChI is InChI=1S/C26H29N5O5/c1-35-22-8-6-18-12-24(22)36-23-11-17(4-7-21(23)32)5-9-25(33)29-20-14-30(13-19(18)20)26(34)3-2-10-31-16-27-15-28-31/h4,6-8,11-12,15-16,19-20,32H,2-3,5,9-10,13-14H2,1H3,(H,29,33)/t19-,20+/m0/s1. The van der Waals surface area contributed by atoms with Gasteiger partial charge < -0.3 is 24.8 Å². The van der Waals surface area contributed by atoms with Crippen LogP contribution in [-0.2, 0) is 22.6 Å². The van der Waals surface area contributed by atoms with Gasteiger partial charge in [-0.15, -0.1) is 0 Å².